The average molecular weight is 237 g/mol. The van der Waals surface area contributed by atoms with Crippen LogP contribution in [0.4, 0.5) is 5.82 Å². The van der Waals surface area contributed by atoms with E-state index in [1.807, 2.05) is 0 Å². The summed E-state index contributed by atoms with van der Waals surface area (Å²) in [5, 5.41) is 2.61. The Hall–Kier alpha value is -1.81. The second kappa shape index (κ2) is 4.81. The number of carbonyl (C=O) groups is 1. The standard InChI is InChI=1S/C11H9ClN2O2/c12-7-8-4-5-9(16-8)11(15)14-10-3-1-2-6-13-10/h1-6H,7H2,(H,13,14,15). The number of hydrogen-bond donors (Lipinski definition) is 1. The fraction of sp³-hybridized carbons (Fsp3) is 0.0909. The molecule has 2 aromatic heterocycles. The minimum atomic E-state index is -0.338. The molecule has 1 amide bonds. The van der Waals surface area contributed by atoms with Gasteiger partial charge in [-0.3, -0.25) is 4.79 Å². The molecule has 0 aromatic carbocycles. The van der Waals surface area contributed by atoms with Crippen LogP contribution in [-0.2, 0) is 5.88 Å². The van der Waals surface area contributed by atoms with E-state index in [2.05, 4.69) is 10.3 Å². The van der Waals surface area contributed by atoms with E-state index in [-0.39, 0.29) is 17.5 Å². The highest BCUT2D eigenvalue weighted by Gasteiger charge is 2.11. The van der Waals surface area contributed by atoms with E-state index in [0.29, 0.717) is 11.6 Å². The van der Waals surface area contributed by atoms with Crippen molar-refractivity contribution in [2.75, 3.05) is 5.32 Å². The van der Waals surface area contributed by atoms with Crippen molar-refractivity contribution in [1.29, 1.82) is 0 Å². The number of pyridine rings is 1. The zero-order chi connectivity index (χ0) is 11.4. The van der Waals surface area contributed by atoms with E-state index in [0.717, 1.165) is 0 Å². The lowest BCUT2D eigenvalue weighted by Gasteiger charge is -2.00. The van der Waals surface area contributed by atoms with Gasteiger partial charge in [0.25, 0.3) is 5.91 Å². The molecule has 0 saturated heterocycles. The predicted octanol–water partition coefficient (Wildman–Crippen LogP) is 2.67. The van der Waals surface area contributed by atoms with Crippen molar-refractivity contribution >= 4 is 23.3 Å². The van der Waals surface area contributed by atoms with Crippen molar-refractivity contribution in [3.05, 3.63) is 48.0 Å². The first kappa shape index (κ1) is 10.7. The number of aromatic nitrogens is 1. The lowest BCUT2D eigenvalue weighted by molar-refractivity contribution is 0.0995. The molecular weight excluding hydrogens is 228 g/mol. The molecule has 0 spiro atoms. The third kappa shape index (κ3) is 2.41. The Bertz CT molecular complexity index is 482. The number of halogens is 1. The van der Waals surface area contributed by atoms with Crippen LogP contribution < -0.4 is 5.32 Å². The molecule has 1 N–H and O–H groups in total. The summed E-state index contributed by atoms with van der Waals surface area (Å²) >= 11 is 5.57. The van der Waals surface area contributed by atoms with Crippen LogP contribution in [0.2, 0.25) is 0 Å². The third-order valence-electron chi connectivity index (χ3n) is 1.92. The molecule has 16 heavy (non-hydrogen) atoms. The van der Waals surface area contributed by atoms with E-state index >= 15 is 0 Å². The van der Waals surface area contributed by atoms with Gasteiger partial charge in [-0.1, -0.05) is 6.07 Å². The second-order valence-electron chi connectivity index (χ2n) is 3.07. The van der Waals surface area contributed by atoms with Gasteiger partial charge in [-0.2, -0.15) is 0 Å². The van der Waals surface area contributed by atoms with Crippen molar-refractivity contribution in [2.24, 2.45) is 0 Å². The molecule has 0 aliphatic heterocycles. The zero-order valence-corrected chi connectivity index (χ0v) is 9.07. The van der Waals surface area contributed by atoms with Gasteiger partial charge >= 0.3 is 0 Å². The topological polar surface area (TPSA) is 55.1 Å². The Kier molecular flexibility index (Phi) is 3.22. The zero-order valence-electron chi connectivity index (χ0n) is 8.31. The number of alkyl halides is 1. The number of furan rings is 1. The van der Waals surface area contributed by atoms with Crippen LogP contribution in [0, 0.1) is 0 Å². The van der Waals surface area contributed by atoms with Gasteiger partial charge in [0.1, 0.15) is 11.6 Å². The Labute approximate surface area is 97.2 Å². The summed E-state index contributed by atoms with van der Waals surface area (Å²) < 4.78 is 5.20. The lowest BCUT2D eigenvalue weighted by atomic mass is 10.4. The fourth-order valence-corrected chi connectivity index (χ4v) is 1.33. The Morgan fingerprint density at radius 3 is 2.88 bits per heavy atom. The third-order valence-corrected chi connectivity index (χ3v) is 2.19. The van der Waals surface area contributed by atoms with Crippen molar-refractivity contribution in [1.82, 2.24) is 4.98 Å². The quantitative estimate of drug-likeness (QED) is 0.834. The first-order chi connectivity index (χ1) is 7.79. The molecule has 5 heteroatoms. The van der Waals surface area contributed by atoms with Crippen LogP contribution in [0.5, 0.6) is 0 Å². The summed E-state index contributed by atoms with van der Waals surface area (Å²) in [5.74, 6) is 1.18. The van der Waals surface area contributed by atoms with E-state index < -0.39 is 0 Å². The number of carbonyl (C=O) groups excluding carboxylic acids is 1. The normalized spacial score (nSPS) is 10.1. The molecule has 2 heterocycles. The van der Waals surface area contributed by atoms with Crippen LogP contribution in [0.15, 0.2) is 40.9 Å². The molecule has 2 aromatic rings. The Balaban J connectivity index is 2.09. The largest absolute Gasteiger partial charge is 0.455 e. The monoisotopic (exact) mass is 236 g/mol. The van der Waals surface area contributed by atoms with Crippen molar-refractivity contribution in [3.8, 4) is 0 Å². The van der Waals surface area contributed by atoms with Crippen LogP contribution in [0.1, 0.15) is 16.3 Å². The Morgan fingerprint density at radius 2 is 2.25 bits per heavy atom. The highest BCUT2D eigenvalue weighted by atomic mass is 35.5. The van der Waals surface area contributed by atoms with Crippen LogP contribution in [-0.4, -0.2) is 10.9 Å². The van der Waals surface area contributed by atoms with E-state index in [1.54, 1.807) is 36.5 Å². The van der Waals surface area contributed by atoms with E-state index in [1.165, 1.54) is 0 Å². The van der Waals surface area contributed by atoms with Gasteiger partial charge in [-0.05, 0) is 24.3 Å². The van der Waals surface area contributed by atoms with Crippen molar-refractivity contribution < 1.29 is 9.21 Å². The highest BCUT2D eigenvalue weighted by Crippen LogP contribution is 2.11. The molecule has 0 saturated carbocycles. The molecule has 4 nitrogen and oxygen atoms in total. The molecule has 0 unspecified atom stereocenters. The molecule has 0 bridgehead atoms. The summed E-state index contributed by atoms with van der Waals surface area (Å²) in [6.07, 6.45) is 1.60. The number of nitrogens with one attached hydrogen (secondary N) is 1. The van der Waals surface area contributed by atoms with Gasteiger partial charge in [-0.15, -0.1) is 11.6 Å². The number of nitrogens with zero attached hydrogens (tertiary/aromatic N) is 1. The van der Waals surface area contributed by atoms with Gasteiger partial charge in [0.2, 0.25) is 0 Å². The van der Waals surface area contributed by atoms with Crippen molar-refractivity contribution in [2.45, 2.75) is 5.88 Å². The SMILES string of the molecule is O=C(Nc1ccccn1)c1ccc(CCl)o1. The Morgan fingerprint density at radius 1 is 1.38 bits per heavy atom. The highest BCUT2D eigenvalue weighted by molar-refractivity contribution is 6.16. The molecule has 0 radical (unpaired) electrons. The molecule has 82 valence electrons. The fourth-order valence-electron chi connectivity index (χ4n) is 1.19. The van der Waals surface area contributed by atoms with E-state index in [9.17, 15) is 4.79 Å². The second-order valence-corrected chi connectivity index (χ2v) is 3.34. The summed E-state index contributed by atoms with van der Waals surface area (Å²) in [5.41, 5.74) is 0. The summed E-state index contributed by atoms with van der Waals surface area (Å²) in [6, 6.07) is 8.50. The summed E-state index contributed by atoms with van der Waals surface area (Å²) in [4.78, 5) is 15.6. The van der Waals surface area contributed by atoms with Gasteiger partial charge in [0.15, 0.2) is 5.76 Å². The maximum absolute atomic E-state index is 11.7. The molecule has 0 aliphatic carbocycles. The number of amides is 1. The molecular formula is C11H9ClN2O2. The minimum Gasteiger partial charge on any atom is -0.455 e. The first-order valence-corrected chi connectivity index (χ1v) is 5.20. The average Bonchev–Trinajstić information content (AvgIpc) is 2.79. The molecule has 0 atom stereocenters. The van der Waals surface area contributed by atoms with Crippen molar-refractivity contribution in [3.63, 3.8) is 0 Å². The lowest BCUT2D eigenvalue weighted by Crippen LogP contribution is -2.11. The smallest absolute Gasteiger partial charge is 0.292 e. The molecule has 2 rings (SSSR count). The maximum Gasteiger partial charge on any atom is 0.292 e. The number of rotatable bonds is 3. The van der Waals surface area contributed by atoms with Crippen LogP contribution in [0.25, 0.3) is 0 Å². The molecule has 0 aliphatic rings. The summed E-state index contributed by atoms with van der Waals surface area (Å²) in [7, 11) is 0. The maximum atomic E-state index is 11.7. The number of hydrogen-bond acceptors (Lipinski definition) is 3. The van der Waals surface area contributed by atoms with Crippen LogP contribution in [0.3, 0.4) is 0 Å². The van der Waals surface area contributed by atoms with Gasteiger partial charge in [0.05, 0.1) is 5.88 Å². The van der Waals surface area contributed by atoms with E-state index in [4.69, 9.17) is 16.0 Å². The van der Waals surface area contributed by atoms with Crippen LogP contribution >= 0.6 is 11.6 Å². The minimum absolute atomic E-state index is 0.223. The van der Waals surface area contributed by atoms with Gasteiger partial charge in [0, 0.05) is 6.20 Å². The number of anilines is 1. The predicted molar refractivity (Wildman–Crippen MR) is 60.5 cm³/mol. The van der Waals surface area contributed by atoms with Gasteiger partial charge < -0.3 is 9.73 Å². The molecule has 0 fully saturated rings. The summed E-state index contributed by atoms with van der Waals surface area (Å²) in [6.45, 7) is 0. The first-order valence-electron chi connectivity index (χ1n) is 4.66. The van der Waals surface area contributed by atoms with Gasteiger partial charge in [-0.25, -0.2) is 4.98 Å².